The molecule has 0 amide bonds. The van der Waals surface area contributed by atoms with Gasteiger partial charge >= 0.3 is 0 Å². The van der Waals surface area contributed by atoms with Gasteiger partial charge < -0.3 is 20.3 Å². The number of aliphatic imine (C=N–C) groups is 1. The number of benzene rings is 1. The molecule has 5 nitrogen and oxygen atoms in total. The van der Waals surface area contributed by atoms with Crippen LogP contribution in [0.2, 0.25) is 0 Å². The second-order valence-corrected chi connectivity index (χ2v) is 7.14. The number of hydrogen-bond donors (Lipinski definition) is 2. The maximum Gasteiger partial charge on any atom is 0.191 e. The molecular weight excluding hydrogens is 307 g/mol. The quantitative estimate of drug-likeness (QED) is 0.653. The van der Waals surface area contributed by atoms with Crippen molar-refractivity contribution in [2.24, 2.45) is 10.4 Å². The van der Waals surface area contributed by atoms with E-state index in [1.807, 2.05) is 6.07 Å². The van der Waals surface area contributed by atoms with Crippen molar-refractivity contribution in [3.05, 3.63) is 30.1 Å². The number of anilines is 1. The third-order valence-electron chi connectivity index (χ3n) is 4.74. The largest absolute Gasteiger partial charge is 0.380 e. The standard InChI is InChI=1S/C18H27FN4O/c1-18(12-24-13-18)11-21-17(20-2)22-15-6-4-8-23(10-15)16-7-3-5-14(19)9-16/h3,5,7,9,15H,4,6,8,10-13H2,1-2H3,(H2,20,21,22). The van der Waals surface area contributed by atoms with Crippen LogP contribution in [0.3, 0.4) is 0 Å². The third-order valence-corrected chi connectivity index (χ3v) is 4.74. The van der Waals surface area contributed by atoms with Gasteiger partial charge in [-0.1, -0.05) is 13.0 Å². The zero-order chi connectivity index (χ0) is 17.0. The van der Waals surface area contributed by atoms with Crippen molar-refractivity contribution in [2.45, 2.75) is 25.8 Å². The number of hydrogen-bond acceptors (Lipinski definition) is 3. The SMILES string of the molecule is CN=C(NCC1(C)COC1)NC1CCCN(c2cccc(F)c2)C1. The van der Waals surface area contributed by atoms with Crippen LogP contribution in [-0.4, -0.2) is 51.9 Å². The predicted octanol–water partition coefficient (Wildman–Crippen LogP) is 2.00. The van der Waals surface area contributed by atoms with Crippen molar-refractivity contribution in [3.63, 3.8) is 0 Å². The fourth-order valence-electron chi connectivity index (χ4n) is 3.24. The zero-order valence-corrected chi connectivity index (χ0v) is 14.5. The van der Waals surface area contributed by atoms with Crippen LogP contribution in [-0.2, 0) is 4.74 Å². The fraction of sp³-hybridized carbons (Fsp3) is 0.611. The van der Waals surface area contributed by atoms with E-state index in [-0.39, 0.29) is 11.2 Å². The molecule has 24 heavy (non-hydrogen) atoms. The Hall–Kier alpha value is -1.82. The Labute approximate surface area is 143 Å². The summed E-state index contributed by atoms with van der Waals surface area (Å²) in [5.41, 5.74) is 1.15. The van der Waals surface area contributed by atoms with Crippen molar-refractivity contribution in [2.75, 3.05) is 44.8 Å². The normalized spacial score (nSPS) is 23.5. The number of rotatable bonds is 4. The molecule has 2 aliphatic rings. The van der Waals surface area contributed by atoms with Crippen molar-refractivity contribution in [1.82, 2.24) is 10.6 Å². The molecule has 0 radical (unpaired) electrons. The highest BCUT2D eigenvalue weighted by Crippen LogP contribution is 2.25. The number of piperidine rings is 1. The molecule has 2 saturated heterocycles. The molecule has 0 saturated carbocycles. The summed E-state index contributed by atoms with van der Waals surface area (Å²) in [5, 5.41) is 6.91. The van der Waals surface area contributed by atoms with E-state index in [1.165, 1.54) is 6.07 Å². The molecule has 0 aromatic heterocycles. The Kier molecular flexibility index (Phi) is 5.23. The van der Waals surface area contributed by atoms with E-state index in [9.17, 15) is 4.39 Å². The number of ether oxygens (including phenoxy) is 1. The first-order valence-electron chi connectivity index (χ1n) is 8.63. The van der Waals surface area contributed by atoms with E-state index in [1.54, 1.807) is 19.2 Å². The Morgan fingerprint density at radius 2 is 2.29 bits per heavy atom. The van der Waals surface area contributed by atoms with Crippen LogP contribution in [0, 0.1) is 11.2 Å². The molecule has 2 N–H and O–H groups in total. The molecule has 2 aliphatic heterocycles. The minimum Gasteiger partial charge on any atom is -0.380 e. The number of nitrogens with one attached hydrogen (secondary N) is 2. The highest BCUT2D eigenvalue weighted by Gasteiger charge is 2.33. The van der Waals surface area contributed by atoms with Crippen LogP contribution in [0.5, 0.6) is 0 Å². The molecule has 1 aromatic carbocycles. The molecule has 2 fully saturated rings. The lowest BCUT2D eigenvalue weighted by atomic mass is 9.89. The zero-order valence-electron chi connectivity index (χ0n) is 14.5. The van der Waals surface area contributed by atoms with E-state index in [0.29, 0.717) is 6.04 Å². The fourth-order valence-corrected chi connectivity index (χ4v) is 3.24. The molecule has 0 spiro atoms. The van der Waals surface area contributed by atoms with Crippen LogP contribution < -0.4 is 15.5 Å². The van der Waals surface area contributed by atoms with Gasteiger partial charge in [0.2, 0.25) is 0 Å². The van der Waals surface area contributed by atoms with Gasteiger partial charge in [0, 0.05) is 43.8 Å². The Morgan fingerprint density at radius 3 is 2.96 bits per heavy atom. The van der Waals surface area contributed by atoms with Crippen molar-refractivity contribution >= 4 is 11.6 Å². The second-order valence-electron chi connectivity index (χ2n) is 7.14. The van der Waals surface area contributed by atoms with Crippen LogP contribution in [0.1, 0.15) is 19.8 Å². The molecule has 2 heterocycles. The summed E-state index contributed by atoms with van der Waals surface area (Å²) in [6.07, 6.45) is 2.17. The summed E-state index contributed by atoms with van der Waals surface area (Å²) in [6, 6.07) is 7.13. The van der Waals surface area contributed by atoms with Gasteiger partial charge in [-0.25, -0.2) is 4.39 Å². The van der Waals surface area contributed by atoms with Crippen molar-refractivity contribution in [1.29, 1.82) is 0 Å². The molecule has 1 unspecified atom stereocenters. The minimum atomic E-state index is -0.184. The summed E-state index contributed by atoms with van der Waals surface area (Å²) in [7, 11) is 1.79. The van der Waals surface area contributed by atoms with Gasteiger partial charge in [-0.2, -0.15) is 0 Å². The highest BCUT2D eigenvalue weighted by atomic mass is 19.1. The van der Waals surface area contributed by atoms with Gasteiger partial charge in [0.1, 0.15) is 5.82 Å². The molecular formula is C18H27FN4O. The topological polar surface area (TPSA) is 48.9 Å². The first-order valence-corrected chi connectivity index (χ1v) is 8.63. The maximum absolute atomic E-state index is 13.5. The first kappa shape index (κ1) is 17.0. The molecule has 1 atom stereocenters. The average molecular weight is 334 g/mol. The lowest BCUT2D eigenvalue weighted by Crippen LogP contribution is -2.55. The van der Waals surface area contributed by atoms with Crippen LogP contribution in [0.4, 0.5) is 10.1 Å². The summed E-state index contributed by atoms with van der Waals surface area (Å²) in [4.78, 5) is 6.57. The second kappa shape index (κ2) is 7.38. The third kappa shape index (κ3) is 4.17. The average Bonchev–Trinajstić information content (AvgIpc) is 2.57. The smallest absolute Gasteiger partial charge is 0.191 e. The summed E-state index contributed by atoms with van der Waals surface area (Å²) >= 11 is 0. The Morgan fingerprint density at radius 1 is 1.46 bits per heavy atom. The number of halogens is 1. The highest BCUT2D eigenvalue weighted by molar-refractivity contribution is 5.80. The molecule has 0 bridgehead atoms. The maximum atomic E-state index is 13.5. The van der Waals surface area contributed by atoms with Crippen molar-refractivity contribution in [3.8, 4) is 0 Å². The van der Waals surface area contributed by atoms with E-state index in [2.05, 4.69) is 27.4 Å². The number of nitrogens with zero attached hydrogens (tertiary/aromatic N) is 2. The van der Waals surface area contributed by atoms with E-state index in [0.717, 1.165) is 57.3 Å². The van der Waals surface area contributed by atoms with E-state index >= 15 is 0 Å². The van der Waals surface area contributed by atoms with E-state index in [4.69, 9.17) is 4.74 Å². The monoisotopic (exact) mass is 334 g/mol. The van der Waals surface area contributed by atoms with Gasteiger partial charge in [0.15, 0.2) is 5.96 Å². The predicted molar refractivity (Wildman–Crippen MR) is 95.1 cm³/mol. The van der Waals surface area contributed by atoms with Crippen LogP contribution >= 0.6 is 0 Å². The van der Waals surface area contributed by atoms with Gasteiger partial charge in [0.05, 0.1) is 13.2 Å². The van der Waals surface area contributed by atoms with Crippen molar-refractivity contribution < 1.29 is 9.13 Å². The summed E-state index contributed by atoms with van der Waals surface area (Å²) in [5.74, 6) is 0.644. The molecule has 132 valence electrons. The lowest BCUT2D eigenvalue weighted by Gasteiger charge is -2.39. The molecule has 3 rings (SSSR count). The first-order chi connectivity index (χ1) is 11.6. The molecule has 1 aromatic rings. The molecule has 6 heteroatoms. The summed E-state index contributed by atoms with van der Waals surface area (Å²) < 4.78 is 18.7. The van der Waals surface area contributed by atoms with E-state index < -0.39 is 0 Å². The van der Waals surface area contributed by atoms with Gasteiger partial charge in [-0.15, -0.1) is 0 Å². The van der Waals surface area contributed by atoms with Crippen LogP contribution in [0.25, 0.3) is 0 Å². The Bertz CT molecular complexity index is 588. The Balaban J connectivity index is 1.54. The molecule has 0 aliphatic carbocycles. The van der Waals surface area contributed by atoms with Crippen LogP contribution in [0.15, 0.2) is 29.3 Å². The van der Waals surface area contributed by atoms with Gasteiger partial charge in [-0.3, -0.25) is 4.99 Å². The summed E-state index contributed by atoms with van der Waals surface area (Å²) in [6.45, 7) is 6.48. The lowest BCUT2D eigenvalue weighted by molar-refractivity contribution is -0.0971. The number of guanidine groups is 1. The van der Waals surface area contributed by atoms with Gasteiger partial charge in [0.25, 0.3) is 0 Å². The van der Waals surface area contributed by atoms with Gasteiger partial charge in [-0.05, 0) is 31.0 Å². The minimum absolute atomic E-state index is 0.184.